The molecule has 2 heterocycles. The second-order valence-corrected chi connectivity index (χ2v) is 6.72. The van der Waals surface area contributed by atoms with E-state index in [2.05, 4.69) is 43.3 Å². The number of nitrogens with zero attached hydrogens (tertiary/aromatic N) is 2. The van der Waals surface area contributed by atoms with Gasteiger partial charge in [0.25, 0.3) is 5.56 Å². The number of aryl methyl sites for hydroxylation is 1. The molecule has 0 amide bonds. The van der Waals surface area contributed by atoms with Gasteiger partial charge in [-0.15, -0.1) is 0 Å². The molecule has 26 heavy (non-hydrogen) atoms. The lowest BCUT2D eigenvalue weighted by Crippen LogP contribution is -2.20. The van der Waals surface area contributed by atoms with Crippen molar-refractivity contribution in [1.82, 2.24) is 9.55 Å². The number of pyridine rings is 2. The van der Waals surface area contributed by atoms with Gasteiger partial charge in [-0.2, -0.15) is 0 Å². The van der Waals surface area contributed by atoms with Crippen LogP contribution in [0.15, 0.2) is 71.5 Å². The Balaban J connectivity index is 1.95. The quantitative estimate of drug-likeness (QED) is 0.481. The van der Waals surface area contributed by atoms with Crippen molar-refractivity contribution in [1.29, 1.82) is 0 Å². The summed E-state index contributed by atoms with van der Waals surface area (Å²) in [5.74, 6) is 0. The third-order valence-corrected chi connectivity index (χ3v) is 4.84. The lowest BCUT2D eigenvalue weighted by Gasteiger charge is -2.13. The molecule has 0 bridgehead atoms. The van der Waals surface area contributed by atoms with Gasteiger partial charge in [0.1, 0.15) is 0 Å². The van der Waals surface area contributed by atoms with Crippen molar-refractivity contribution >= 4 is 21.8 Å². The van der Waals surface area contributed by atoms with Gasteiger partial charge in [-0.05, 0) is 30.5 Å². The van der Waals surface area contributed by atoms with Crippen molar-refractivity contribution in [3.63, 3.8) is 0 Å². The summed E-state index contributed by atoms with van der Waals surface area (Å²) in [4.78, 5) is 17.6. The Labute approximate surface area is 152 Å². The van der Waals surface area contributed by atoms with Gasteiger partial charge in [0, 0.05) is 22.5 Å². The van der Waals surface area contributed by atoms with E-state index >= 15 is 0 Å². The Morgan fingerprint density at radius 2 is 1.62 bits per heavy atom. The lowest BCUT2D eigenvalue weighted by molar-refractivity contribution is 0.778. The van der Waals surface area contributed by atoms with Crippen molar-refractivity contribution in [2.45, 2.75) is 32.7 Å². The van der Waals surface area contributed by atoms with Crippen LogP contribution in [0.1, 0.15) is 31.0 Å². The van der Waals surface area contributed by atoms with Gasteiger partial charge in [-0.3, -0.25) is 9.78 Å². The van der Waals surface area contributed by atoms with Gasteiger partial charge in [0.05, 0.1) is 17.6 Å². The summed E-state index contributed by atoms with van der Waals surface area (Å²) < 4.78 is 1.85. The average molecular weight is 342 g/mol. The molecule has 0 spiro atoms. The van der Waals surface area contributed by atoms with Crippen molar-refractivity contribution in [3.05, 3.63) is 88.3 Å². The molecule has 0 aliphatic heterocycles. The Hall–Kier alpha value is -2.94. The summed E-state index contributed by atoms with van der Waals surface area (Å²) in [7, 11) is 0. The Morgan fingerprint density at radius 3 is 2.42 bits per heavy atom. The third kappa shape index (κ3) is 3.13. The minimum absolute atomic E-state index is 0.00890. The van der Waals surface area contributed by atoms with Crippen LogP contribution in [0.3, 0.4) is 0 Å². The van der Waals surface area contributed by atoms with Gasteiger partial charge >= 0.3 is 0 Å². The first-order chi connectivity index (χ1) is 12.8. The first kappa shape index (κ1) is 16.5. The highest BCUT2D eigenvalue weighted by atomic mass is 16.1. The highest BCUT2D eigenvalue weighted by Gasteiger charge is 2.10. The third-order valence-electron chi connectivity index (χ3n) is 4.84. The molecule has 0 atom stereocenters. The number of hydrogen-bond acceptors (Lipinski definition) is 2. The monoisotopic (exact) mass is 342 g/mol. The second kappa shape index (κ2) is 7.12. The minimum atomic E-state index is 0.00890. The van der Waals surface area contributed by atoms with E-state index in [0.717, 1.165) is 52.3 Å². The van der Waals surface area contributed by atoms with Gasteiger partial charge < -0.3 is 4.57 Å². The molecule has 0 fully saturated rings. The predicted octanol–water partition coefficient (Wildman–Crippen LogP) is 4.94. The van der Waals surface area contributed by atoms with Crippen LogP contribution < -0.4 is 5.56 Å². The van der Waals surface area contributed by atoms with Crippen LogP contribution >= 0.6 is 0 Å². The smallest absolute Gasteiger partial charge is 0.251 e. The van der Waals surface area contributed by atoms with E-state index in [-0.39, 0.29) is 5.56 Å². The van der Waals surface area contributed by atoms with Crippen LogP contribution in [0.25, 0.3) is 21.8 Å². The molecule has 130 valence electrons. The number of fused-ring (bicyclic) bond motifs is 3. The first-order valence-electron chi connectivity index (χ1n) is 9.22. The molecular formula is C23H22N2O. The lowest BCUT2D eigenvalue weighted by atomic mass is 10.1. The van der Waals surface area contributed by atoms with E-state index < -0.39 is 0 Å². The highest BCUT2D eigenvalue weighted by molar-refractivity contribution is 6.03. The van der Waals surface area contributed by atoms with Crippen LogP contribution in [0.2, 0.25) is 0 Å². The zero-order valence-corrected chi connectivity index (χ0v) is 15.0. The number of benzene rings is 2. The number of hydrogen-bond donors (Lipinski definition) is 0. The maximum Gasteiger partial charge on any atom is 0.251 e. The normalized spacial score (nSPS) is 11.3. The van der Waals surface area contributed by atoms with E-state index in [1.807, 2.05) is 28.8 Å². The standard InChI is InChI=1S/C23H22N2O/c1-2-3-9-20-14-12-18-10-11-19-13-15-21(26)25(23(19)22(18)24-20)16-17-7-5-4-6-8-17/h4-8,10-15H,2-3,9,16H2,1H3. The fourth-order valence-electron chi connectivity index (χ4n) is 3.43. The zero-order chi connectivity index (χ0) is 17.9. The molecule has 0 unspecified atom stereocenters. The van der Waals surface area contributed by atoms with Crippen LogP contribution in [-0.4, -0.2) is 9.55 Å². The second-order valence-electron chi connectivity index (χ2n) is 6.72. The van der Waals surface area contributed by atoms with E-state index in [1.165, 1.54) is 0 Å². The Bertz CT molecular complexity index is 1110. The van der Waals surface area contributed by atoms with Crippen LogP contribution in [0, 0.1) is 0 Å². The van der Waals surface area contributed by atoms with Crippen molar-refractivity contribution in [2.24, 2.45) is 0 Å². The maximum atomic E-state index is 12.7. The van der Waals surface area contributed by atoms with Gasteiger partial charge in [0.15, 0.2) is 0 Å². The van der Waals surface area contributed by atoms with Crippen molar-refractivity contribution in [2.75, 3.05) is 0 Å². The number of aromatic nitrogens is 2. The molecule has 0 aliphatic carbocycles. The number of rotatable bonds is 5. The van der Waals surface area contributed by atoms with Crippen LogP contribution in [-0.2, 0) is 13.0 Å². The highest BCUT2D eigenvalue weighted by Crippen LogP contribution is 2.24. The maximum absolute atomic E-state index is 12.7. The fraction of sp³-hybridized carbons (Fsp3) is 0.217. The van der Waals surface area contributed by atoms with E-state index in [9.17, 15) is 4.79 Å². The molecular weight excluding hydrogens is 320 g/mol. The molecule has 0 radical (unpaired) electrons. The van der Waals surface area contributed by atoms with Crippen LogP contribution in [0.4, 0.5) is 0 Å². The molecule has 3 heteroatoms. The summed E-state index contributed by atoms with van der Waals surface area (Å²) >= 11 is 0. The Morgan fingerprint density at radius 1 is 0.885 bits per heavy atom. The summed E-state index contributed by atoms with van der Waals surface area (Å²) in [6, 6.07) is 22.0. The topological polar surface area (TPSA) is 34.9 Å². The molecule has 2 aromatic carbocycles. The molecule has 2 aromatic heterocycles. The number of unbranched alkanes of at least 4 members (excludes halogenated alkanes) is 1. The van der Waals surface area contributed by atoms with Crippen LogP contribution in [0.5, 0.6) is 0 Å². The Kier molecular flexibility index (Phi) is 4.53. The molecule has 4 aromatic rings. The molecule has 0 N–H and O–H groups in total. The summed E-state index contributed by atoms with van der Waals surface area (Å²) in [6.07, 6.45) is 3.24. The fourth-order valence-corrected chi connectivity index (χ4v) is 3.43. The summed E-state index contributed by atoms with van der Waals surface area (Å²) in [5, 5.41) is 2.12. The predicted molar refractivity (Wildman–Crippen MR) is 108 cm³/mol. The van der Waals surface area contributed by atoms with Gasteiger partial charge in [-0.25, -0.2) is 0 Å². The van der Waals surface area contributed by atoms with E-state index in [0.29, 0.717) is 6.54 Å². The first-order valence-corrected chi connectivity index (χ1v) is 9.22. The zero-order valence-electron chi connectivity index (χ0n) is 15.0. The van der Waals surface area contributed by atoms with E-state index in [1.54, 1.807) is 6.07 Å². The molecule has 0 saturated carbocycles. The van der Waals surface area contributed by atoms with Gasteiger partial charge in [-0.1, -0.05) is 61.9 Å². The van der Waals surface area contributed by atoms with Gasteiger partial charge in [0.2, 0.25) is 0 Å². The molecule has 0 saturated heterocycles. The molecule has 3 nitrogen and oxygen atoms in total. The minimum Gasteiger partial charge on any atom is -0.302 e. The van der Waals surface area contributed by atoms with E-state index in [4.69, 9.17) is 4.98 Å². The largest absolute Gasteiger partial charge is 0.302 e. The molecule has 4 rings (SSSR count). The SMILES string of the molecule is CCCCc1ccc2ccc3ccc(=O)n(Cc4ccccc4)c3c2n1. The van der Waals surface area contributed by atoms with Crippen molar-refractivity contribution < 1.29 is 0 Å². The average Bonchev–Trinajstić information content (AvgIpc) is 2.68. The summed E-state index contributed by atoms with van der Waals surface area (Å²) in [5.41, 5.74) is 4.06. The molecule has 0 aliphatic rings. The van der Waals surface area contributed by atoms with Crippen molar-refractivity contribution in [3.8, 4) is 0 Å². The summed E-state index contributed by atoms with van der Waals surface area (Å²) in [6.45, 7) is 2.74.